The van der Waals surface area contributed by atoms with E-state index < -0.39 is 5.82 Å². The standard InChI is InChI=1S/C28H34FN7O2/c1-20-17-35(26-7-6-23(14-30)36-28(26)25(29)15-32-36)19-24(38-20)18-33-9-11-34(12-10-33)22-4-2-21(3-5-22)27-16-31-8-13-37-27/h2-7,15,20,24,27,31H,8-13,16-19H2,1H3/t20-,24+,27+/m1/s1. The summed E-state index contributed by atoms with van der Waals surface area (Å²) in [4.78, 5) is 7.07. The third kappa shape index (κ3) is 5.07. The van der Waals surface area contributed by atoms with E-state index in [9.17, 15) is 9.65 Å². The predicted molar refractivity (Wildman–Crippen MR) is 143 cm³/mol. The third-order valence-electron chi connectivity index (χ3n) is 7.77. The lowest BCUT2D eigenvalue weighted by molar-refractivity contribution is -0.0327. The summed E-state index contributed by atoms with van der Waals surface area (Å²) in [5.74, 6) is -0.417. The summed E-state index contributed by atoms with van der Waals surface area (Å²) in [5.41, 5.74) is 3.89. The Kier molecular flexibility index (Phi) is 7.17. The van der Waals surface area contributed by atoms with Crippen molar-refractivity contribution in [3.63, 3.8) is 0 Å². The van der Waals surface area contributed by atoms with Gasteiger partial charge in [0.15, 0.2) is 5.82 Å². The van der Waals surface area contributed by atoms with Crippen molar-refractivity contribution >= 4 is 16.9 Å². The van der Waals surface area contributed by atoms with Crippen molar-refractivity contribution in [1.29, 1.82) is 5.26 Å². The van der Waals surface area contributed by atoms with E-state index in [2.05, 4.69) is 62.4 Å². The van der Waals surface area contributed by atoms with Gasteiger partial charge >= 0.3 is 0 Å². The highest BCUT2D eigenvalue weighted by atomic mass is 19.1. The minimum Gasteiger partial charge on any atom is -0.371 e. The molecule has 3 aromatic rings. The Labute approximate surface area is 222 Å². The molecule has 38 heavy (non-hydrogen) atoms. The van der Waals surface area contributed by atoms with E-state index in [1.165, 1.54) is 22.0 Å². The Morgan fingerprint density at radius 1 is 1.08 bits per heavy atom. The van der Waals surface area contributed by atoms with Gasteiger partial charge in [0.05, 0.1) is 36.8 Å². The molecule has 0 radical (unpaired) electrons. The molecule has 3 atom stereocenters. The number of benzene rings is 1. The van der Waals surface area contributed by atoms with Gasteiger partial charge in [-0.2, -0.15) is 10.4 Å². The molecule has 9 nitrogen and oxygen atoms in total. The van der Waals surface area contributed by atoms with Crippen LogP contribution in [0, 0.1) is 17.1 Å². The van der Waals surface area contributed by atoms with Crippen LogP contribution in [0.3, 0.4) is 0 Å². The molecule has 3 aliphatic heterocycles. The van der Waals surface area contributed by atoms with Crippen molar-refractivity contribution in [2.45, 2.75) is 25.2 Å². The number of fused-ring (bicyclic) bond motifs is 1. The Morgan fingerprint density at radius 2 is 1.89 bits per heavy atom. The molecular formula is C28H34FN7O2. The van der Waals surface area contributed by atoms with E-state index in [-0.39, 0.29) is 18.3 Å². The van der Waals surface area contributed by atoms with Crippen molar-refractivity contribution in [3.05, 3.63) is 59.7 Å². The van der Waals surface area contributed by atoms with Gasteiger partial charge in [0.1, 0.15) is 17.3 Å². The van der Waals surface area contributed by atoms with E-state index in [0.717, 1.165) is 58.1 Å². The van der Waals surface area contributed by atoms with Gasteiger partial charge in [-0.15, -0.1) is 0 Å². The fourth-order valence-corrected chi connectivity index (χ4v) is 5.89. The fraction of sp³-hybridized carbons (Fsp3) is 0.500. The number of aromatic nitrogens is 2. The minimum absolute atomic E-state index is 0.00959. The number of nitrogens with one attached hydrogen (secondary N) is 1. The fourth-order valence-electron chi connectivity index (χ4n) is 5.89. The molecule has 2 aromatic heterocycles. The van der Waals surface area contributed by atoms with Crippen molar-refractivity contribution < 1.29 is 13.9 Å². The van der Waals surface area contributed by atoms with Crippen LogP contribution in [0.2, 0.25) is 0 Å². The van der Waals surface area contributed by atoms with Gasteiger partial charge in [0.25, 0.3) is 0 Å². The monoisotopic (exact) mass is 519 g/mol. The highest BCUT2D eigenvalue weighted by molar-refractivity contribution is 5.74. The first-order chi connectivity index (χ1) is 18.6. The molecule has 5 heterocycles. The molecule has 10 heteroatoms. The summed E-state index contributed by atoms with van der Waals surface area (Å²) in [7, 11) is 0. The number of hydrogen-bond donors (Lipinski definition) is 1. The van der Waals surface area contributed by atoms with E-state index in [1.54, 1.807) is 6.07 Å². The Hall–Kier alpha value is -3.23. The van der Waals surface area contributed by atoms with Crippen LogP contribution in [0.4, 0.5) is 15.8 Å². The molecule has 6 rings (SSSR count). The van der Waals surface area contributed by atoms with Crippen molar-refractivity contribution in [3.8, 4) is 6.07 Å². The number of piperazine rings is 1. The molecule has 3 aliphatic rings. The summed E-state index contributed by atoms with van der Waals surface area (Å²) >= 11 is 0. The Bertz CT molecular complexity index is 1290. The van der Waals surface area contributed by atoms with E-state index in [0.29, 0.717) is 24.3 Å². The van der Waals surface area contributed by atoms with Gasteiger partial charge in [-0.1, -0.05) is 12.1 Å². The maximum Gasteiger partial charge on any atom is 0.171 e. The highest BCUT2D eigenvalue weighted by Crippen LogP contribution is 2.29. The molecule has 3 saturated heterocycles. The maximum absolute atomic E-state index is 14.7. The molecule has 1 N–H and O–H groups in total. The average Bonchev–Trinajstić information content (AvgIpc) is 3.35. The van der Waals surface area contributed by atoms with Crippen LogP contribution in [0.25, 0.3) is 5.52 Å². The number of halogens is 1. The normalized spacial score (nSPS) is 25.0. The van der Waals surface area contributed by atoms with Gasteiger partial charge in [-0.3, -0.25) is 4.90 Å². The van der Waals surface area contributed by atoms with Crippen LogP contribution in [0.1, 0.15) is 24.3 Å². The molecule has 1 aromatic carbocycles. The largest absolute Gasteiger partial charge is 0.371 e. The molecule has 0 amide bonds. The smallest absolute Gasteiger partial charge is 0.171 e. The molecule has 0 aliphatic carbocycles. The SMILES string of the molecule is C[C@@H]1CN(c2ccc(C#N)n3ncc(F)c23)C[C@H](CN2CCN(c3ccc([C@@H]4CNCCO4)cc3)CC2)O1. The van der Waals surface area contributed by atoms with E-state index in [1.807, 2.05) is 6.07 Å². The minimum atomic E-state index is -0.417. The third-order valence-corrected chi connectivity index (χ3v) is 7.77. The number of anilines is 2. The predicted octanol–water partition coefficient (Wildman–Crippen LogP) is 2.42. The van der Waals surface area contributed by atoms with Gasteiger partial charge in [-0.05, 0) is 36.8 Å². The molecule has 0 saturated carbocycles. The summed E-state index contributed by atoms with van der Waals surface area (Å²) in [5, 5.41) is 16.9. The zero-order valence-corrected chi connectivity index (χ0v) is 21.7. The molecular weight excluding hydrogens is 485 g/mol. The topological polar surface area (TPSA) is 81.3 Å². The second-order valence-electron chi connectivity index (χ2n) is 10.4. The summed E-state index contributed by atoms with van der Waals surface area (Å²) < 4.78 is 28.2. The maximum atomic E-state index is 14.7. The Morgan fingerprint density at radius 3 is 2.63 bits per heavy atom. The van der Waals surface area contributed by atoms with Crippen molar-refractivity contribution in [1.82, 2.24) is 19.8 Å². The van der Waals surface area contributed by atoms with Crippen LogP contribution >= 0.6 is 0 Å². The summed E-state index contributed by atoms with van der Waals surface area (Å²) in [6, 6.07) is 14.4. The number of nitriles is 1. The lowest BCUT2D eigenvalue weighted by Crippen LogP contribution is -2.54. The summed E-state index contributed by atoms with van der Waals surface area (Å²) in [6.07, 6.45) is 1.33. The quantitative estimate of drug-likeness (QED) is 0.551. The highest BCUT2D eigenvalue weighted by Gasteiger charge is 2.30. The zero-order valence-electron chi connectivity index (χ0n) is 21.7. The van der Waals surface area contributed by atoms with Crippen molar-refractivity contribution in [2.75, 3.05) is 75.3 Å². The zero-order chi connectivity index (χ0) is 26.1. The first-order valence-corrected chi connectivity index (χ1v) is 13.5. The number of hydrogen-bond acceptors (Lipinski definition) is 8. The van der Waals surface area contributed by atoms with E-state index in [4.69, 9.17) is 9.47 Å². The van der Waals surface area contributed by atoms with Gasteiger partial charge in [0, 0.05) is 64.6 Å². The molecule has 0 spiro atoms. The molecule has 200 valence electrons. The van der Waals surface area contributed by atoms with Crippen LogP contribution in [-0.2, 0) is 9.47 Å². The van der Waals surface area contributed by atoms with Crippen LogP contribution in [-0.4, -0.2) is 92.2 Å². The second-order valence-corrected chi connectivity index (χ2v) is 10.4. The van der Waals surface area contributed by atoms with Crippen LogP contribution in [0.15, 0.2) is 42.6 Å². The van der Waals surface area contributed by atoms with Crippen LogP contribution < -0.4 is 15.1 Å². The number of pyridine rings is 1. The Balaban J connectivity index is 1.07. The summed E-state index contributed by atoms with van der Waals surface area (Å²) in [6.45, 7) is 10.6. The molecule has 0 bridgehead atoms. The molecule has 0 unspecified atom stereocenters. The average molecular weight is 520 g/mol. The van der Waals surface area contributed by atoms with E-state index >= 15 is 0 Å². The first-order valence-electron chi connectivity index (χ1n) is 13.5. The molecule has 3 fully saturated rings. The van der Waals surface area contributed by atoms with Crippen LogP contribution in [0.5, 0.6) is 0 Å². The lowest BCUT2D eigenvalue weighted by atomic mass is 10.1. The van der Waals surface area contributed by atoms with Gasteiger partial charge in [-0.25, -0.2) is 8.91 Å². The number of rotatable bonds is 5. The van der Waals surface area contributed by atoms with Gasteiger partial charge < -0.3 is 24.6 Å². The number of morpholine rings is 2. The first kappa shape index (κ1) is 25.1. The lowest BCUT2D eigenvalue weighted by Gasteiger charge is -2.42. The number of nitrogens with zero attached hydrogens (tertiary/aromatic N) is 6. The second kappa shape index (κ2) is 10.9. The van der Waals surface area contributed by atoms with Gasteiger partial charge in [0.2, 0.25) is 0 Å². The van der Waals surface area contributed by atoms with Crippen molar-refractivity contribution in [2.24, 2.45) is 0 Å². The number of ether oxygens (including phenoxy) is 2.